The Hall–Kier alpha value is -0.860. The molecule has 0 spiro atoms. The lowest BCUT2D eigenvalue weighted by Crippen LogP contribution is -2.45. The van der Waals surface area contributed by atoms with Crippen LogP contribution in [0.25, 0.3) is 0 Å². The Balaban J connectivity index is 2.14. The zero-order chi connectivity index (χ0) is 14.9. The van der Waals surface area contributed by atoms with E-state index < -0.39 is 0 Å². The standard InChI is InChI=1S/C18H28O2/c1-12(2)14-7-9-15(10-8-14)17-19-11-18(5,6)16(20-17)13(3)4/h7-10,12-13,16-17H,11H2,1-6H3/t16-,17-/m0/s1. The summed E-state index contributed by atoms with van der Waals surface area (Å²) in [6.07, 6.45) is 0.00247. The van der Waals surface area contributed by atoms with E-state index >= 15 is 0 Å². The minimum atomic E-state index is -0.225. The van der Waals surface area contributed by atoms with Crippen molar-refractivity contribution in [3.05, 3.63) is 35.4 Å². The molecule has 1 aromatic rings. The molecule has 0 N–H and O–H groups in total. The fraction of sp³-hybridized carbons (Fsp3) is 0.667. The normalized spacial score (nSPS) is 26.2. The van der Waals surface area contributed by atoms with Crippen molar-refractivity contribution < 1.29 is 9.47 Å². The minimum Gasteiger partial charge on any atom is -0.348 e. The van der Waals surface area contributed by atoms with E-state index in [1.807, 2.05) is 0 Å². The van der Waals surface area contributed by atoms with Gasteiger partial charge in [0, 0.05) is 11.0 Å². The lowest BCUT2D eigenvalue weighted by atomic mass is 9.80. The third kappa shape index (κ3) is 3.24. The highest BCUT2D eigenvalue weighted by atomic mass is 16.7. The van der Waals surface area contributed by atoms with Gasteiger partial charge >= 0.3 is 0 Å². The Morgan fingerprint density at radius 3 is 2.15 bits per heavy atom. The zero-order valence-electron chi connectivity index (χ0n) is 13.6. The summed E-state index contributed by atoms with van der Waals surface area (Å²) in [5.74, 6) is 1.05. The lowest BCUT2D eigenvalue weighted by molar-refractivity contribution is -0.274. The van der Waals surface area contributed by atoms with Gasteiger partial charge in [-0.2, -0.15) is 0 Å². The van der Waals surface area contributed by atoms with Crippen LogP contribution in [-0.2, 0) is 9.47 Å². The second-order valence-electron chi connectivity index (χ2n) is 7.25. The maximum absolute atomic E-state index is 6.23. The molecule has 2 heteroatoms. The van der Waals surface area contributed by atoms with Gasteiger partial charge in [0.2, 0.25) is 0 Å². The summed E-state index contributed by atoms with van der Waals surface area (Å²) >= 11 is 0. The first-order valence-electron chi connectivity index (χ1n) is 7.68. The van der Waals surface area contributed by atoms with Crippen LogP contribution in [0.3, 0.4) is 0 Å². The van der Waals surface area contributed by atoms with E-state index in [1.54, 1.807) is 0 Å². The van der Waals surface area contributed by atoms with Gasteiger partial charge in [-0.3, -0.25) is 0 Å². The van der Waals surface area contributed by atoms with Crippen LogP contribution in [-0.4, -0.2) is 12.7 Å². The predicted octanol–water partition coefficient (Wildman–Crippen LogP) is 4.91. The zero-order valence-corrected chi connectivity index (χ0v) is 13.6. The fourth-order valence-corrected chi connectivity index (χ4v) is 3.00. The third-order valence-electron chi connectivity index (χ3n) is 4.13. The molecule has 2 nitrogen and oxygen atoms in total. The molecule has 2 atom stereocenters. The summed E-state index contributed by atoms with van der Waals surface area (Å²) in [7, 11) is 0. The highest BCUT2D eigenvalue weighted by Gasteiger charge is 2.40. The SMILES string of the molecule is CC(C)c1ccc([C@H]2OCC(C)(C)[C@H](C(C)C)O2)cc1. The molecule has 0 amide bonds. The van der Waals surface area contributed by atoms with E-state index in [0.29, 0.717) is 11.8 Å². The number of ether oxygens (including phenoxy) is 2. The summed E-state index contributed by atoms with van der Waals surface area (Å²) < 4.78 is 12.2. The molecule has 0 aliphatic carbocycles. The number of benzene rings is 1. The van der Waals surface area contributed by atoms with E-state index in [9.17, 15) is 0 Å². The Morgan fingerprint density at radius 2 is 1.65 bits per heavy atom. The summed E-state index contributed by atoms with van der Waals surface area (Å²) in [6, 6.07) is 8.62. The molecule has 1 fully saturated rings. The van der Waals surface area contributed by atoms with Crippen molar-refractivity contribution in [1.82, 2.24) is 0 Å². The quantitative estimate of drug-likeness (QED) is 0.781. The van der Waals surface area contributed by atoms with Gasteiger partial charge in [-0.05, 0) is 17.4 Å². The summed E-state index contributed by atoms with van der Waals surface area (Å²) in [4.78, 5) is 0. The van der Waals surface area contributed by atoms with Gasteiger partial charge in [0.05, 0.1) is 12.7 Å². The summed E-state index contributed by atoms with van der Waals surface area (Å²) in [6.45, 7) is 14.0. The average molecular weight is 276 g/mol. The van der Waals surface area contributed by atoms with Crippen LogP contribution in [0.1, 0.15) is 64.9 Å². The molecular weight excluding hydrogens is 248 g/mol. The van der Waals surface area contributed by atoms with Crippen molar-refractivity contribution in [3.8, 4) is 0 Å². The fourth-order valence-electron chi connectivity index (χ4n) is 3.00. The van der Waals surface area contributed by atoms with Crippen molar-refractivity contribution >= 4 is 0 Å². The molecule has 1 aromatic carbocycles. The topological polar surface area (TPSA) is 18.5 Å². The molecule has 1 aliphatic rings. The number of rotatable bonds is 3. The van der Waals surface area contributed by atoms with Gasteiger partial charge in [0.1, 0.15) is 0 Å². The number of hydrogen-bond donors (Lipinski definition) is 0. The number of hydrogen-bond acceptors (Lipinski definition) is 2. The van der Waals surface area contributed by atoms with E-state index in [-0.39, 0.29) is 17.8 Å². The predicted molar refractivity (Wildman–Crippen MR) is 82.7 cm³/mol. The summed E-state index contributed by atoms with van der Waals surface area (Å²) in [5.41, 5.74) is 2.54. The molecule has 20 heavy (non-hydrogen) atoms. The van der Waals surface area contributed by atoms with Crippen molar-refractivity contribution in [2.75, 3.05) is 6.61 Å². The monoisotopic (exact) mass is 276 g/mol. The molecule has 1 aliphatic heterocycles. The molecule has 0 saturated carbocycles. The second-order valence-corrected chi connectivity index (χ2v) is 7.25. The molecular formula is C18H28O2. The molecule has 2 rings (SSSR count). The maximum Gasteiger partial charge on any atom is 0.184 e. The van der Waals surface area contributed by atoms with Gasteiger partial charge < -0.3 is 9.47 Å². The van der Waals surface area contributed by atoms with Crippen LogP contribution in [0.2, 0.25) is 0 Å². The van der Waals surface area contributed by atoms with Crippen molar-refractivity contribution in [2.45, 2.75) is 59.9 Å². The van der Waals surface area contributed by atoms with Crippen LogP contribution in [0.4, 0.5) is 0 Å². The van der Waals surface area contributed by atoms with Gasteiger partial charge in [-0.15, -0.1) is 0 Å². The first-order valence-corrected chi connectivity index (χ1v) is 7.68. The lowest BCUT2D eigenvalue weighted by Gasteiger charge is -2.44. The average Bonchev–Trinajstić information content (AvgIpc) is 2.38. The van der Waals surface area contributed by atoms with Crippen LogP contribution >= 0.6 is 0 Å². The van der Waals surface area contributed by atoms with Crippen molar-refractivity contribution in [2.24, 2.45) is 11.3 Å². The van der Waals surface area contributed by atoms with Crippen LogP contribution in [0.5, 0.6) is 0 Å². The Kier molecular flexibility index (Phi) is 4.55. The van der Waals surface area contributed by atoms with Gasteiger partial charge in [0.25, 0.3) is 0 Å². The van der Waals surface area contributed by atoms with Crippen LogP contribution < -0.4 is 0 Å². The molecule has 0 aromatic heterocycles. The Bertz CT molecular complexity index is 431. The van der Waals surface area contributed by atoms with Crippen LogP contribution in [0, 0.1) is 11.3 Å². The minimum absolute atomic E-state index is 0.0720. The van der Waals surface area contributed by atoms with E-state index in [1.165, 1.54) is 5.56 Å². The van der Waals surface area contributed by atoms with Crippen molar-refractivity contribution in [1.29, 1.82) is 0 Å². The van der Waals surface area contributed by atoms with Crippen LogP contribution in [0.15, 0.2) is 24.3 Å². The Morgan fingerprint density at radius 1 is 1.05 bits per heavy atom. The van der Waals surface area contributed by atoms with E-state index in [4.69, 9.17) is 9.47 Å². The maximum atomic E-state index is 6.23. The third-order valence-corrected chi connectivity index (χ3v) is 4.13. The van der Waals surface area contributed by atoms with Gasteiger partial charge in [-0.1, -0.05) is 65.8 Å². The molecule has 1 heterocycles. The van der Waals surface area contributed by atoms with E-state index in [0.717, 1.165) is 12.2 Å². The van der Waals surface area contributed by atoms with Gasteiger partial charge in [0.15, 0.2) is 6.29 Å². The first kappa shape index (κ1) is 15.5. The smallest absolute Gasteiger partial charge is 0.184 e. The highest BCUT2D eigenvalue weighted by Crippen LogP contribution is 2.39. The van der Waals surface area contributed by atoms with Crippen molar-refractivity contribution in [3.63, 3.8) is 0 Å². The molecule has 112 valence electrons. The largest absolute Gasteiger partial charge is 0.348 e. The molecule has 0 unspecified atom stereocenters. The molecule has 0 bridgehead atoms. The highest BCUT2D eigenvalue weighted by molar-refractivity contribution is 5.25. The molecule has 0 radical (unpaired) electrons. The first-order chi connectivity index (χ1) is 9.31. The molecule has 1 saturated heterocycles. The Labute approximate surface area is 123 Å². The second kappa shape index (κ2) is 5.87. The van der Waals surface area contributed by atoms with Gasteiger partial charge in [-0.25, -0.2) is 0 Å². The summed E-state index contributed by atoms with van der Waals surface area (Å²) in [5, 5.41) is 0. The van der Waals surface area contributed by atoms with E-state index in [2.05, 4.69) is 65.8 Å².